The molecular weight excluding hydrogens is 164 g/mol. The van der Waals surface area contributed by atoms with Crippen molar-refractivity contribution in [3.05, 3.63) is 34.9 Å². The average molecular weight is 176 g/mol. The Kier molecular flexibility index (Phi) is 1.93. The highest BCUT2D eigenvalue weighted by Gasteiger charge is 2.32. The Balaban J connectivity index is 2.37. The lowest BCUT2D eigenvalue weighted by Gasteiger charge is -2.03. The highest BCUT2D eigenvalue weighted by molar-refractivity contribution is 6.02. The van der Waals surface area contributed by atoms with Crippen LogP contribution in [0, 0.1) is 13.8 Å². The number of ether oxygens (including phenoxy) is 1. The third-order valence-electron chi connectivity index (χ3n) is 2.28. The summed E-state index contributed by atoms with van der Waals surface area (Å²) in [6.45, 7) is 4.53. The van der Waals surface area contributed by atoms with Crippen LogP contribution in [0.3, 0.4) is 0 Å². The van der Waals surface area contributed by atoms with Crippen molar-refractivity contribution >= 4 is 5.78 Å². The first-order valence-corrected chi connectivity index (χ1v) is 4.41. The lowest BCUT2D eigenvalue weighted by Crippen LogP contribution is -2.09. The van der Waals surface area contributed by atoms with Gasteiger partial charge in [-0.2, -0.15) is 0 Å². The fraction of sp³-hybridized carbons (Fsp3) is 0.364. The van der Waals surface area contributed by atoms with Gasteiger partial charge in [-0.25, -0.2) is 0 Å². The van der Waals surface area contributed by atoms with Gasteiger partial charge in [0, 0.05) is 5.56 Å². The molecule has 2 rings (SSSR count). The van der Waals surface area contributed by atoms with E-state index in [-0.39, 0.29) is 11.9 Å². The van der Waals surface area contributed by atoms with Gasteiger partial charge < -0.3 is 4.74 Å². The zero-order valence-electron chi connectivity index (χ0n) is 7.83. The van der Waals surface area contributed by atoms with E-state index in [4.69, 9.17) is 4.74 Å². The normalized spacial score (nSPS) is 20.0. The lowest BCUT2D eigenvalue weighted by molar-refractivity contribution is 0.0953. The van der Waals surface area contributed by atoms with Crippen LogP contribution in [-0.2, 0) is 4.74 Å². The van der Waals surface area contributed by atoms with Gasteiger partial charge in [-0.3, -0.25) is 4.79 Å². The first kappa shape index (κ1) is 8.45. The van der Waals surface area contributed by atoms with E-state index in [1.807, 2.05) is 32.0 Å². The Morgan fingerprint density at radius 1 is 1.46 bits per heavy atom. The molecule has 13 heavy (non-hydrogen) atoms. The van der Waals surface area contributed by atoms with Crippen molar-refractivity contribution in [1.29, 1.82) is 0 Å². The largest absolute Gasteiger partial charge is 0.364 e. The van der Waals surface area contributed by atoms with Crippen molar-refractivity contribution in [3.8, 4) is 0 Å². The molecule has 2 nitrogen and oxygen atoms in total. The molecular formula is C11H12O2. The number of hydrogen-bond acceptors (Lipinski definition) is 2. The summed E-state index contributed by atoms with van der Waals surface area (Å²) in [5.74, 6) is 0.126. The SMILES string of the molecule is Cc1ccc(C)c(C(=O)C2CO2)c1. The minimum Gasteiger partial charge on any atom is -0.364 e. The Bertz CT molecular complexity index is 351. The second-order valence-electron chi connectivity index (χ2n) is 3.50. The average Bonchev–Trinajstić information content (AvgIpc) is 2.91. The molecule has 1 aromatic rings. The summed E-state index contributed by atoms with van der Waals surface area (Å²) in [4.78, 5) is 11.7. The van der Waals surface area contributed by atoms with Crippen molar-refractivity contribution in [2.45, 2.75) is 20.0 Å². The number of carbonyl (C=O) groups is 1. The topological polar surface area (TPSA) is 29.6 Å². The van der Waals surface area contributed by atoms with Gasteiger partial charge in [-0.15, -0.1) is 0 Å². The van der Waals surface area contributed by atoms with Gasteiger partial charge in [-0.1, -0.05) is 17.7 Å². The van der Waals surface area contributed by atoms with Gasteiger partial charge in [0.25, 0.3) is 0 Å². The van der Waals surface area contributed by atoms with Crippen molar-refractivity contribution in [2.75, 3.05) is 6.61 Å². The van der Waals surface area contributed by atoms with Crippen LogP contribution in [0.1, 0.15) is 21.5 Å². The Morgan fingerprint density at radius 2 is 2.15 bits per heavy atom. The zero-order chi connectivity index (χ0) is 9.42. The van der Waals surface area contributed by atoms with Gasteiger partial charge in [0.2, 0.25) is 0 Å². The van der Waals surface area contributed by atoms with Crippen LogP contribution in [0.15, 0.2) is 18.2 Å². The number of carbonyl (C=O) groups excluding carboxylic acids is 1. The highest BCUT2D eigenvalue weighted by atomic mass is 16.6. The molecule has 1 aliphatic heterocycles. The second kappa shape index (κ2) is 2.96. The molecule has 0 N–H and O–H groups in total. The van der Waals surface area contributed by atoms with E-state index in [1.54, 1.807) is 0 Å². The monoisotopic (exact) mass is 176 g/mol. The molecule has 1 saturated heterocycles. The van der Waals surface area contributed by atoms with Gasteiger partial charge in [0.05, 0.1) is 6.61 Å². The predicted octanol–water partition coefficient (Wildman–Crippen LogP) is 1.88. The number of Topliss-reactive ketones (excluding diaryl/α,β-unsaturated/α-hetero) is 1. The van der Waals surface area contributed by atoms with Gasteiger partial charge in [0.15, 0.2) is 5.78 Å². The van der Waals surface area contributed by atoms with Crippen LogP contribution in [0.25, 0.3) is 0 Å². The molecule has 1 heterocycles. The van der Waals surface area contributed by atoms with Crippen LogP contribution in [0.2, 0.25) is 0 Å². The molecule has 1 unspecified atom stereocenters. The van der Waals surface area contributed by atoms with Gasteiger partial charge in [0.1, 0.15) is 6.10 Å². The number of rotatable bonds is 2. The third kappa shape index (κ3) is 1.63. The maximum Gasteiger partial charge on any atom is 0.194 e. The molecule has 1 aliphatic rings. The van der Waals surface area contributed by atoms with Crippen LogP contribution in [-0.4, -0.2) is 18.5 Å². The molecule has 68 valence electrons. The summed E-state index contributed by atoms with van der Waals surface area (Å²) in [5, 5.41) is 0. The van der Waals surface area contributed by atoms with Gasteiger partial charge in [-0.05, 0) is 25.5 Å². The molecule has 0 spiro atoms. The third-order valence-corrected chi connectivity index (χ3v) is 2.28. The Labute approximate surface area is 77.5 Å². The van der Waals surface area contributed by atoms with Crippen LogP contribution in [0.4, 0.5) is 0 Å². The summed E-state index contributed by atoms with van der Waals surface area (Å²) >= 11 is 0. The van der Waals surface area contributed by atoms with Crippen molar-refractivity contribution in [3.63, 3.8) is 0 Å². The summed E-state index contributed by atoms with van der Waals surface area (Å²) in [6.07, 6.45) is -0.166. The predicted molar refractivity (Wildman–Crippen MR) is 50.0 cm³/mol. The van der Waals surface area contributed by atoms with Gasteiger partial charge >= 0.3 is 0 Å². The first-order valence-electron chi connectivity index (χ1n) is 4.41. The fourth-order valence-electron chi connectivity index (χ4n) is 1.37. The van der Waals surface area contributed by atoms with E-state index in [0.29, 0.717) is 6.61 Å². The van der Waals surface area contributed by atoms with Crippen LogP contribution < -0.4 is 0 Å². The van der Waals surface area contributed by atoms with E-state index < -0.39 is 0 Å². The van der Waals surface area contributed by atoms with E-state index in [9.17, 15) is 4.79 Å². The Hall–Kier alpha value is -1.15. The summed E-state index contributed by atoms with van der Waals surface area (Å²) in [5.41, 5.74) is 2.96. The van der Waals surface area contributed by atoms with Crippen LogP contribution in [0.5, 0.6) is 0 Å². The number of benzene rings is 1. The second-order valence-corrected chi connectivity index (χ2v) is 3.50. The minimum atomic E-state index is -0.166. The van der Waals surface area contributed by atoms with Crippen molar-refractivity contribution < 1.29 is 9.53 Å². The molecule has 1 fully saturated rings. The van der Waals surface area contributed by atoms with Crippen molar-refractivity contribution in [1.82, 2.24) is 0 Å². The zero-order valence-corrected chi connectivity index (χ0v) is 7.83. The molecule has 1 atom stereocenters. The lowest BCUT2D eigenvalue weighted by atomic mass is 10.0. The minimum absolute atomic E-state index is 0.126. The number of aryl methyl sites for hydroxylation is 2. The summed E-state index contributed by atoms with van der Waals surface area (Å²) in [7, 11) is 0. The molecule has 0 aromatic heterocycles. The molecule has 1 aromatic carbocycles. The summed E-state index contributed by atoms with van der Waals surface area (Å²) < 4.78 is 4.97. The molecule has 0 radical (unpaired) electrons. The van der Waals surface area contributed by atoms with E-state index in [2.05, 4.69) is 0 Å². The quantitative estimate of drug-likeness (QED) is 0.508. The van der Waals surface area contributed by atoms with E-state index in [1.165, 1.54) is 0 Å². The highest BCUT2D eigenvalue weighted by Crippen LogP contribution is 2.19. The molecule has 0 aliphatic carbocycles. The van der Waals surface area contributed by atoms with E-state index in [0.717, 1.165) is 16.7 Å². The molecule has 0 amide bonds. The molecule has 0 saturated carbocycles. The summed E-state index contributed by atoms with van der Waals surface area (Å²) in [6, 6.07) is 5.92. The smallest absolute Gasteiger partial charge is 0.194 e. The Morgan fingerprint density at radius 3 is 2.77 bits per heavy atom. The fourth-order valence-corrected chi connectivity index (χ4v) is 1.37. The maximum atomic E-state index is 11.7. The van der Waals surface area contributed by atoms with E-state index >= 15 is 0 Å². The standard InChI is InChI=1S/C11H12O2/c1-7-3-4-8(2)9(5-7)11(12)10-6-13-10/h3-5,10H,6H2,1-2H3. The van der Waals surface area contributed by atoms with Crippen molar-refractivity contribution in [2.24, 2.45) is 0 Å². The molecule has 2 heteroatoms. The number of hydrogen-bond donors (Lipinski definition) is 0. The number of epoxide rings is 1. The number of ketones is 1. The van der Waals surface area contributed by atoms with Crippen LogP contribution >= 0.6 is 0 Å². The molecule has 0 bridgehead atoms. The maximum absolute atomic E-state index is 11.7. The first-order chi connectivity index (χ1) is 6.18.